The molecule has 3 nitrogen and oxygen atoms in total. The molecule has 0 aliphatic heterocycles. The first-order valence-electron chi connectivity index (χ1n) is 9.04. The monoisotopic (exact) mass is 320 g/mol. The second kappa shape index (κ2) is 13.8. The average molecular weight is 320 g/mol. The third kappa shape index (κ3) is 16.3. The summed E-state index contributed by atoms with van der Waals surface area (Å²) in [6.07, 6.45) is 15.7. The Morgan fingerprint density at radius 2 is 1.10 bits per heavy atom. The van der Waals surface area contributed by atoms with E-state index in [1.54, 1.807) is 0 Å². The second-order valence-electron chi connectivity index (χ2n) is 6.47. The zero-order chi connectivity index (χ0) is 16.0. The smallest absolute Gasteiger partial charge is 0.324 e. The van der Waals surface area contributed by atoms with Crippen molar-refractivity contribution in [1.29, 1.82) is 0 Å². The molecule has 2 N–H and O–H groups in total. The molecule has 0 heterocycles. The molecule has 0 saturated carbocycles. The van der Waals surface area contributed by atoms with Crippen LogP contribution in [0.4, 0.5) is 0 Å². The van der Waals surface area contributed by atoms with Gasteiger partial charge in [-0.2, -0.15) is 0 Å². The topological polar surface area (TPSA) is 57.5 Å². The molecular weight excluding hydrogens is 283 g/mol. The first-order valence-corrected chi connectivity index (χ1v) is 10.8. The Bertz CT molecular complexity index is 263. The highest BCUT2D eigenvalue weighted by atomic mass is 31.2. The molecule has 0 fully saturated rings. The molecule has 0 saturated heterocycles. The standard InChI is InChI=1S/C17H37O3P/c1-3-5-7-9-11-13-15-17(16-21(18,19)20)14-12-10-8-6-4-2/h17H,3-16H2,1-2H3,(H2,18,19,20). The van der Waals surface area contributed by atoms with Gasteiger partial charge in [0.25, 0.3) is 0 Å². The summed E-state index contributed by atoms with van der Waals surface area (Å²) in [5.74, 6) is 0.221. The van der Waals surface area contributed by atoms with Crippen LogP contribution in [-0.2, 0) is 4.57 Å². The molecule has 128 valence electrons. The summed E-state index contributed by atoms with van der Waals surface area (Å²) >= 11 is 0. The highest BCUT2D eigenvalue weighted by Gasteiger charge is 2.20. The molecule has 0 aliphatic rings. The van der Waals surface area contributed by atoms with E-state index in [1.807, 2.05) is 0 Å². The molecule has 0 rings (SSSR count). The van der Waals surface area contributed by atoms with Crippen molar-refractivity contribution < 1.29 is 14.4 Å². The molecule has 0 aromatic heterocycles. The summed E-state index contributed by atoms with van der Waals surface area (Å²) in [6, 6.07) is 0. The normalized spacial score (nSPS) is 13.5. The zero-order valence-electron chi connectivity index (χ0n) is 14.2. The van der Waals surface area contributed by atoms with E-state index in [1.165, 1.54) is 57.8 Å². The fourth-order valence-corrected chi connectivity index (χ4v) is 3.95. The Kier molecular flexibility index (Phi) is 13.9. The van der Waals surface area contributed by atoms with Gasteiger partial charge >= 0.3 is 7.60 Å². The van der Waals surface area contributed by atoms with Crippen LogP contribution in [0.3, 0.4) is 0 Å². The van der Waals surface area contributed by atoms with Gasteiger partial charge in [0.05, 0.1) is 6.16 Å². The Balaban J connectivity index is 3.84. The maximum Gasteiger partial charge on any atom is 0.325 e. The molecular formula is C17H37O3P. The van der Waals surface area contributed by atoms with Crippen molar-refractivity contribution in [3.05, 3.63) is 0 Å². The molecule has 21 heavy (non-hydrogen) atoms. The van der Waals surface area contributed by atoms with Gasteiger partial charge in [0.15, 0.2) is 0 Å². The lowest BCUT2D eigenvalue weighted by molar-refractivity contribution is 0.347. The van der Waals surface area contributed by atoms with Crippen LogP contribution in [0, 0.1) is 5.92 Å². The molecule has 1 unspecified atom stereocenters. The maximum absolute atomic E-state index is 11.2. The van der Waals surface area contributed by atoms with Gasteiger partial charge in [-0.25, -0.2) is 0 Å². The predicted molar refractivity (Wildman–Crippen MR) is 91.8 cm³/mol. The van der Waals surface area contributed by atoms with Crippen molar-refractivity contribution in [2.24, 2.45) is 5.92 Å². The zero-order valence-corrected chi connectivity index (χ0v) is 15.1. The van der Waals surface area contributed by atoms with Crippen LogP contribution in [0.2, 0.25) is 0 Å². The Labute approximate surface area is 132 Å². The summed E-state index contributed by atoms with van der Waals surface area (Å²) < 4.78 is 11.2. The van der Waals surface area contributed by atoms with E-state index in [-0.39, 0.29) is 12.1 Å². The number of hydrogen-bond acceptors (Lipinski definition) is 1. The van der Waals surface area contributed by atoms with Crippen LogP contribution < -0.4 is 0 Å². The molecule has 0 aromatic carbocycles. The van der Waals surface area contributed by atoms with E-state index in [4.69, 9.17) is 0 Å². The van der Waals surface area contributed by atoms with E-state index in [0.717, 1.165) is 25.7 Å². The Morgan fingerprint density at radius 3 is 1.48 bits per heavy atom. The lowest BCUT2D eigenvalue weighted by Crippen LogP contribution is -2.07. The fraction of sp³-hybridized carbons (Fsp3) is 1.00. The summed E-state index contributed by atoms with van der Waals surface area (Å²) in [5, 5.41) is 0. The first-order chi connectivity index (χ1) is 9.99. The van der Waals surface area contributed by atoms with Crippen LogP contribution in [0.1, 0.15) is 97.3 Å². The van der Waals surface area contributed by atoms with Crippen molar-refractivity contribution in [3.63, 3.8) is 0 Å². The molecule has 4 heteroatoms. The number of hydrogen-bond donors (Lipinski definition) is 2. The SMILES string of the molecule is CCCCCCCCC(CCCCCCC)CP(=O)(O)O. The van der Waals surface area contributed by atoms with Crippen molar-refractivity contribution in [2.45, 2.75) is 97.3 Å². The Morgan fingerprint density at radius 1 is 0.714 bits per heavy atom. The summed E-state index contributed by atoms with van der Waals surface area (Å²) in [7, 11) is -3.85. The molecule has 0 spiro atoms. The van der Waals surface area contributed by atoms with Crippen LogP contribution >= 0.6 is 7.60 Å². The lowest BCUT2D eigenvalue weighted by atomic mass is 9.96. The van der Waals surface area contributed by atoms with Gasteiger partial charge in [0.1, 0.15) is 0 Å². The van der Waals surface area contributed by atoms with E-state index in [0.29, 0.717) is 0 Å². The van der Waals surface area contributed by atoms with Crippen LogP contribution in [0.5, 0.6) is 0 Å². The molecule has 0 aliphatic carbocycles. The van der Waals surface area contributed by atoms with Gasteiger partial charge in [-0.05, 0) is 18.8 Å². The van der Waals surface area contributed by atoms with E-state index in [2.05, 4.69) is 13.8 Å². The van der Waals surface area contributed by atoms with Crippen LogP contribution in [0.25, 0.3) is 0 Å². The molecule has 0 amide bonds. The molecule has 0 aromatic rings. The number of rotatable bonds is 15. The maximum atomic E-state index is 11.2. The lowest BCUT2D eigenvalue weighted by Gasteiger charge is -2.17. The van der Waals surface area contributed by atoms with Crippen molar-refractivity contribution in [2.75, 3.05) is 6.16 Å². The molecule has 0 radical (unpaired) electrons. The quantitative estimate of drug-likeness (QED) is 0.292. The summed E-state index contributed by atoms with van der Waals surface area (Å²) in [6.45, 7) is 4.42. The van der Waals surface area contributed by atoms with Crippen LogP contribution in [-0.4, -0.2) is 15.9 Å². The number of unbranched alkanes of at least 4 members (excludes halogenated alkanes) is 9. The minimum Gasteiger partial charge on any atom is -0.324 e. The highest BCUT2D eigenvalue weighted by Crippen LogP contribution is 2.39. The fourth-order valence-electron chi connectivity index (χ4n) is 2.91. The van der Waals surface area contributed by atoms with Gasteiger partial charge in [0, 0.05) is 0 Å². The van der Waals surface area contributed by atoms with Gasteiger partial charge in [-0.1, -0.05) is 84.5 Å². The van der Waals surface area contributed by atoms with Gasteiger partial charge < -0.3 is 9.79 Å². The van der Waals surface area contributed by atoms with E-state index < -0.39 is 7.60 Å². The molecule has 0 bridgehead atoms. The third-order valence-electron chi connectivity index (χ3n) is 4.18. The van der Waals surface area contributed by atoms with E-state index in [9.17, 15) is 14.4 Å². The van der Waals surface area contributed by atoms with Crippen LogP contribution in [0.15, 0.2) is 0 Å². The third-order valence-corrected chi connectivity index (χ3v) is 5.17. The van der Waals surface area contributed by atoms with Crippen molar-refractivity contribution in [1.82, 2.24) is 0 Å². The predicted octanol–water partition coefficient (Wildman–Crippen LogP) is 5.89. The largest absolute Gasteiger partial charge is 0.325 e. The van der Waals surface area contributed by atoms with Gasteiger partial charge in [-0.3, -0.25) is 4.57 Å². The second-order valence-corrected chi connectivity index (χ2v) is 8.17. The first kappa shape index (κ1) is 21.1. The molecule has 1 atom stereocenters. The minimum absolute atomic E-state index is 0.0930. The minimum atomic E-state index is -3.85. The van der Waals surface area contributed by atoms with Gasteiger partial charge in [0.2, 0.25) is 0 Å². The van der Waals surface area contributed by atoms with E-state index >= 15 is 0 Å². The average Bonchev–Trinajstić information content (AvgIpc) is 2.40. The summed E-state index contributed by atoms with van der Waals surface area (Å²) in [4.78, 5) is 18.4. The van der Waals surface area contributed by atoms with Crippen molar-refractivity contribution in [3.8, 4) is 0 Å². The van der Waals surface area contributed by atoms with Crippen molar-refractivity contribution >= 4 is 7.60 Å². The van der Waals surface area contributed by atoms with Gasteiger partial charge in [-0.15, -0.1) is 0 Å². The Hall–Kier alpha value is 0.150. The highest BCUT2D eigenvalue weighted by molar-refractivity contribution is 7.51. The summed E-state index contributed by atoms with van der Waals surface area (Å²) in [5.41, 5.74) is 0.